The van der Waals surface area contributed by atoms with E-state index in [2.05, 4.69) is 6.07 Å². The first kappa shape index (κ1) is 24.9. The summed E-state index contributed by atoms with van der Waals surface area (Å²) in [6.07, 6.45) is 0.532. The number of β-amino-alcohol motifs (C(OH)–C–C–N with tert-alkyl or cyclic N) is 2. The maximum Gasteiger partial charge on any atom is 0.146 e. The van der Waals surface area contributed by atoms with Crippen LogP contribution in [0.25, 0.3) is 0 Å². The first-order chi connectivity index (χ1) is 16.1. The van der Waals surface area contributed by atoms with Crippen LogP contribution in [0, 0.1) is 26.6 Å². The van der Waals surface area contributed by atoms with Crippen LogP contribution in [0.2, 0.25) is 0 Å². The number of benzene rings is 2. The molecule has 2 heterocycles. The zero-order valence-corrected chi connectivity index (χ0v) is 20.4. The van der Waals surface area contributed by atoms with Crippen LogP contribution in [0.4, 0.5) is 10.1 Å². The number of ether oxygens (including phenoxy) is 1. The molecule has 34 heavy (non-hydrogen) atoms. The predicted molar refractivity (Wildman–Crippen MR) is 131 cm³/mol. The van der Waals surface area contributed by atoms with Crippen LogP contribution in [0.3, 0.4) is 0 Å². The van der Waals surface area contributed by atoms with E-state index in [4.69, 9.17) is 4.74 Å². The molecule has 186 valence electrons. The maximum absolute atomic E-state index is 14.2. The smallest absolute Gasteiger partial charge is 0.146 e. The van der Waals surface area contributed by atoms with E-state index in [1.165, 1.54) is 6.07 Å². The average Bonchev–Trinajstić information content (AvgIpc) is 2.79. The fraction of sp³-hybridized carbons (Fsp3) is 0.556. The minimum Gasteiger partial charge on any atom is -0.490 e. The number of rotatable bonds is 6. The molecular formula is C27H37FN2O4. The molecule has 2 aromatic carbocycles. The molecule has 0 spiro atoms. The van der Waals surface area contributed by atoms with Crippen molar-refractivity contribution in [1.82, 2.24) is 4.90 Å². The van der Waals surface area contributed by atoms with Crippen molar-refractivity contribution >= 4 is 5.69 Å². The topological polar surface area (TPSA) is 76.4 Å². The molecule has 0 unspecified atom stereocenters. The first-order valence-corrected chi connectivity index (χ1v) is 12.1. The van der Waals surface area contributed by atoms with Crippen LogP contribution in [0.5, 0.6) is 5.75 Å². The molecule has 6 nitrogen and oxygen atoms in total. The van der Waals surface area contributed by atoms with E-state index in [-0.39, 0.29) is 19.0 Å². The highest BCUT2D eigenvalue weighted by molar-refractivity contribution is 5.48. The number of halogens is 1. The van der Waals surface area contributed by atoms with Gasteiger partial charge >= 0.3 is 0 Å². The molecule has 0 bridgehead atoms. The van der Waals surface area contributed by atoms with E-state index in [9.17, 15) is 19.7 Å². The third-order valence-corrected chi connectivity index (χ3v) is 7.48. The fourth-order valence-corrected chi connectivity index (χ4v) is 5.22. The third kappa shape index (κ3) is 5.38. The lowest BCUT2D eigenvalue weighted by Crippen LogP contribution is -2.62. The molecule has 2 aliphatic rings. The van der Waals surface area contributed by atoms with Gasteiger partial charge in [0.2, 0.25) is 0 Å². The molecular weight excluding hydrogens is 435 g/mol. The number of piperidine rings is 2. The van der Waals surface area contributed by atoms with Gasteiger partial charge in [-0.05, 0) is 74.9 Å². The van der Waals surface area contributed by atoms with Gasteiger partial charge in [0.05, 0.1) is 17.4 Å². The Bertz CT molecular complexity index is 1010. The van der Waals surface area contributed by atoms with Crippen molar-refractivity contribution in [2.75, 3.05) is 44.2 Å². The highest BCUT2D eigenvalue weighted by Crippen LogP contribution is 2.32. The zero-order chi connectivity index (χ0) is 24.5. The fourth-order valence-electron chi connectivity index (χ4n) is 5.22. The number of likely N-dealkylation sites (tertiary alicyclic amines) is 1. The predicted octanol–water partition coefficient (Wildman–Crippen LogP) is 2.96. The minimum absolute atomic E-state index is 0.0200. The van der Waals surface area contributed by atoms with Crippen molar-refractivity contribution in [2.45, 2.75) is 57.3 Å². The molecule has 0 aliphatic carbocycles. The SMILES string of the molecule is Cc1cc(C)c(C)c(OC[C@@]2(O)CN(CC3(O)CCN(c4ccccc4F)CC3)CC[C@@H]2O)c1. The van der Waals surface area contributed by atoms with E-state index in [0.717, 1.165) is 22.4 Å². The standard InChI is InChI=1S/C27H37FN2O4/c1-19-14-20(2)21(3)24(15-19)34-18-27(33)17-29(11-8-25(27)31)16-26(32)9-12-30(13-10-26)23-7-5-4-6-22(23)28/h4-7,14-15,25,31-33H,8-13,16-18H2,1-3H3/t25-,27-/m0/s1. The number of aliphatic hydroxyl groups excluding tert-OH is 1. The van der Waals surface area contributed by atoms with Crippen LogP contribution in [-0.2, 0) is 0 Å². The number of hydrogen-bond acceptors (Lipinski definition) is 6. The second-order valence-corrected chi connectivity index (χ2v) is 10.3. The van der Waals surface area contributed by atoms with Gasteiger partial charge in [-0.1, -0.05) is 18.2 Å². The molecule has 7 heteroatoms. The molecule has 2 aromatic rings. The molecule has 2 saturated heterocycles. The van der Waals surface area contributed by atoms with Gasteiger partial charge in [0, 0.05) is 32.7 Å². The zero-order valence-electron chi connectivity index (χ0n) is 20.4. The van der Waals surface area contributed by atoms with Crippen LogP contribution in [0.15, 0.2) is 36.4 Å². The lowest BCUT2D eigenvalue weighted by atomic mass is 9.86. The summed E-state index contributed by atoms with van der Waals surface area (Å²) in [4.78, 5) is 3.99. The normalized spacial score (nSPS) is 25.4. The van der Waals surface area contributed by atoms with Gasteiger partial charge < -0.3 is 25.0 Å². The first-order valence-electron chi connectivity index (χ1n) is 12.1. The quantitative estimate of drug-likeness (QED) is 0.600. The molecule has 2 aliphatic heterocycles. The lowest BCUT2D eigenvalue weighted by Gasteiger charge is -2.46. The van der Waals surface area contributed by atoms with Crippen molar-refractivity contribution in [1.29, 1.82) is 0 Å². The molecule has 2 atom stereocenters. The summed E-state index contributed by atoms with van der Waals surface area (Å²) in [5, 5.41) is 33.1. The van der Waals surface area contributed by atoms with E-state index >= 15 is 0 Å². The van der Waals surface area contributed by atoms with Crippen LogP contribution < -0.4 is 9.64 Å². The molecule has 0 aromatic heterocycles. The van der Waals surface area contributed by atoms with Crippen molar-refractivity contribution in [3.63, 3.8) is 0 Å². The van der Waals surface area contributed by atoms with Gasteiger partial charge in [0.15, 0.2) is 0 Å². The Labute approximate surface area is 201 Å². The summed E-state index contributed by atoms with van der Waals surface area (Å²) in [7, 11) is 0. The van der Waals surface area contributed by atoms with Gasteiger partial charge in [0.25, 0.3) is 0 Å². The van der Waals surface area contributed by atoms with E-state index < -0.39 is 17.3 Å². The second kappa shape index (κ2) is 9.82. The number of aliphatic hydroxyl groups is 3. The van der Waals surface area contributed by atoms with E-state index in [1.807, 2.05) is 42.7 Å². The number of aryl methyl sites for hydroxylation is 2. The summed E-state index contributed by atoms with van der Waals surface area (Å²) in [5.41, 5.74) is 1.45. The van der Waals surface area contributed by atoms with Crippen LogP contribution in [-0.4, -0.2) is 76.9 Å². The highest BCUT2D eigenvalue weighted by atomic mass is 19.1. The molecule has 0 radical (unpaired) electrons. The summed E-state index contributed by atoms with van der Waals surface area (Å²) >= 11 is 0. The molecule has 4 rings (SSSR count). The van der Waals surface area contributed by atoms with Gasteiger partial charge in [-0.25, -0.2) is 4.39 Å². The van der Waals surface area contributed by atoms with Crippen molar-refractivity contribution in [3.8, 4) is 5.75 Å². The Kier molecular flexibility index (Phi) is 7.20. The van der Waals surface area contributed by atoms with E-state index in [1.54, 1.807) is 12.1 Å². The maximum atomic E-state index is 14.2. The Balaban J connectivity index is 1.37. The van der Waals surface area contributed by atoms with E-state index in [0.29, 0.717) is 51.1 Å². The van der Waals surface area contributed by atoms with Gasteiger partial charge in [0.1, 0.15) is 23.8 Å². The van der Waals surface area contributed by atoms with Crippen molar-refractivity contribution in [2.24, 2.45) is 0 Å². The molecule has 0 saturated carbocycles. The Morgan fingerprint density at radius 1 is 1.06 bits per heavy atom. The summed E-state index contributed by atoms with van der Waals surface area (Å²) < 4.78 is 20.2. The Morgan fingerprint density at radius 2 is 1.76 bits per heavy atom. The highest BCUT2D eigenvalue weighted by Gasteiger charge is 2.44. The Hall–Kier alpha value is -2.19. The number of para-hydroxylation sites is 1. The van der Waals surface area contributed by atoms with Gasteiger partial charge in [-0.15, -0.1) is 0 Å². The summed E-state index contributed by atoms with van der Waals surface area (Å²) in [6.45, 7) is 8.33. The summed E-state index contributed by atoms with van der Waals surface area (Å²) in [5.74, 6) is 0.469. The molecule has 3 N–H and O–H groups in total. The number of nitrogens with zero attached hydrogens (tertiary/aromatic N) is 2. The average molecular weight is 473 g/mol. The Morgan fingerprint density at radius 3 is 2.47 bits per heavy atom. The molecule has 0 amide bonds. The van der Waals surface area contributed by atoms with Crippen molar-refractivity contribution in [3.05, 3.63) is 58.9 Å². The summed E-state index contributed by atoms with van der Waals surface area (Å²) in [6, 6.07) is 10.8. The van der Waals surface area contributed by atoms with Gasteiger partial charge in [-0.2, -0.15) is 0 Å². The lowest BCUT2D eigenvalue weighted by molar-refractivity contribution is -0.149. The van der Waals surface area contributed by atoms with Gasteiger partial charge in [-0.3, -0.25) is 4.90 Å². The third-order valence-electron chi connectivity index (χ3n) is 7.48. The van der Waals surface area contributed by atoms with Crippen LogP contribution >= 0.6 is 0 Å². The molecule has 2 fully saturated rings. The number of hydrogen-bond donors (Lipinski definition) is 3. The van der Waals surface area contributed by atoms with Crippen molar-refractivity contribution < 1.29 is 24.4 Å². The minimum atomic E-state index is -1.42. The van der Waals surface area contributed by atoms with Crippen LogP contribution in [0.1, 0.15) is 36.0 Å². The number of anilines is 1. The monoisotopic (exact) mass is 472 g/mol. The second-order valence-electron chi connectivity index (χ2n) is 10.3. The largest absolute Gasteiger partial charge is 0.490 e.